The van der Waals surface area contributed by atoms with Crippen LogP contribution < -0.4 is 0 Å². The molecule has 1 atom stereocenters. The standard InChI is InChI=1S/C11H17IO/c1-3-5-8-11(13,7-4-2)9-6-10-12/h2,6,10,13H,3,5,7-9H2,1H3. The quantitative estimate of drug-likeness (QED) is 0.588. The molecule has 0 amide bonds. The molecule has 13 heavy (non-hydrogen) atoms. The fraction of sp³-hybridized carbons (Fsp3) is 0.636. The first-order valence-electron chi connectivity index (χ1n) is 4.59. The fourth-order valence-corrected chi connectivity index (χ4v) is 1.48. The molecule has 0 aliphatic carbocycles. The summed E-state index contributed by atoms with van der Waals surface area (Å²) in [5.74, 6) is 2.54. The lowest BCUT2D eigenvalue weighted by Gasteiger charge is -2.24. The molecule has 0 fully saturated rings. The van der Waals surface area contributed by atoms with Crippen molar-refractivity contribution in [3.8, 4) is 12.3 Å². The van der Waals surface area contributed by atoms with E-state index < -0.39 is 5.60 Å². The molecule has 1 nitrogen and oxygen atoms in total. The van der Waals surface area contributed by atoms with Gasteiger partial charge < -0.3 is 5.11 Å². The average Bonchev–Trinajstić information content (AvgIpc) is 2.12. The number of aliphatic hydroxyl groups is 1. The summed E-state index contributed by atoms with van der Waals surface area (Å²) in [6, 6.07) is 0. The lowest BCUT2D eigenvalue weighted by atomic mass is 9.90. The second kappa shape index (κ2) is 7.40. The first-order valence-corrected chi connectivity index (χ1v) is 5.84. The van der Waals surface area contributed by atoms with Gasteiger partial charge in [-0.3, -0.25) is 0 Å². The monoisotopic (exact) mass is 292 g/mol. The molecule has 0 heterocycles. The maximum Gasteiger partial charge on any atom is 0.0790 e. The summed E-state index contributed by atoms with van der Waals surface area (Å²) in [4.78, 5) is 0. The summed E-state index contributed by atoms with van der Waals surface area (Å²) in [6.07, 6.45) is 11.2. The van der Waals surface area contributed by atoms with Gasteiger partial charge >= 0.3 is 0 Å². The minimum Gasteiger partial charge on any atom is -0.389 e. The summed E-state index contributed by atoms with van der Waals surface area (Å²) in [5.41, 5.74) is -0.674. The predicted molar refractivity (Wildman–Crippen MR) is 65.7 cm³/mol. The van der Waals surface area contributed by atoms with Gasteiger partial charge in [-0.05, 0) is 16.9 Å². The van der Waals surface area contributed by atoms with E-state index in [-0.39, 0.29) is 0 Å². The van der Waals surface area contributed by atoms with E-state index in [9.17, 15) is 5.11 Å². The van der Waals surface area contributed by atoms with Crippen LogP contribution in [0.2, 0.25) is 0 Å². The van der Waals surface area contributed by atoms with E-state index in [1.165, 1.54) is 0 Å². The van der Waals surface area contributed by atoms with Crippen LogP contribution in [0.4, 0.5) is 0 Å². The SMILES string of the molecule is C#CCC(O)(CC=CI)CCCC. The van der Waals surface area contributed by atoms with Crippen LogP contribution in [-0.4, -0.2) is 10.7 Å². The number of rotatable bonds is 6. The van der Waals surface area contributed by atoms with E-state index in [1.807, 2.05) is 10.2 Å². The Morgan fingerprint density at radius 1 is 1.62 bits per heavy atom. The lowest BCUT2D eigenvalue weighted by Crippen LogP contribution is -2.27. The number of hydrogen-bond donors (Lipinski definition) is 1. The van der Waals surface area contributed by atoms with Crippen LogP contribution in [-0.2, 0) is 0 Å². The second-order valence-electron chi connectivity index (χ2n) is 3.27. The van der Waals surface area contributed by atoms with E-state index in [0.717, 1.165) is 19.3 Å². The van der Waals surface area contributed by atoms with E-state index in [2.05, 4.69) is 35.4 Å². The van der Waals surface area contributed by atoms with Crippen LogP contribution in [0.25, 0.3) is 0 Å². The van der Waals surface area contributed by atoms with Crippen LogP contribution in [0.3, 0.4) is 0 Å². The average molecular weight is 292 g/mol. The summed E-state index contributed by atoms with van der Waals surface area (Å²) in [6.45, 7) is 2.12. The Kier molecular flexibility index (Phi) is 7.39. The van der Waals surface area contributed by atoms with Crippen LogP contribution in [0, 0.1) is 12.3 Å². The second-order valence-corrected chi connectivity index (χ2v) is 3.99. The van der Waals surface area contributed by atoms with Crippen molar-refractivity contribution >= 4 is 22.6 Å². The number of halogens is 1. The van der Waals surface area contributed by atoms with E-state index in [4.69, 9.17) is 6.42 Å². The highest BCUT2D eigenvalue weighted by atomic mass is 127. The molecule has 0 rings (SSSR count). The first-order chi connectivity index (χ1) is 6.18. The Hall–Kier alpha value is -0.0100. The molecule has 1 unspecified atom stereocenters. The molecule has 0 saturated carbocycles. The van der Waals surface area contributed by atoms with Gasteiger partial charge in [-0.1, -0.05) is 48.4 Å². The third kappa shape index (κ3) is 6.11. The molecule has 0 aromatic rings. The largest absolute Gasteiger partial charge is 0.389 e. The van der Waals surface area contributed by atoms with Crippen molar-refractivity contribution < 1.29 is 5.11 Å². The van der Waals surface area contributed by atoms with Crippen LogP contribution in [0.15, 0.2) is 10.2 Å². The van der Waals surface area contributed by atoms with Crippen LogP contribution >= 0.6 is 22.6 Å². The highest BCUT2D eigenvalue weighted by Gasteiger charge is 2.23. The van der Waals surface area contributed by atoms with Gasteiger partial charge in [0.15, 0.2) is 0 Å². The number of unbranched alkanes of at least 4 members (excludes halogenated alkanes) is 1. The predicted octanol–water partition coefficient (Wildman–Crippen LogP) is 3.27. The Bertz CT molecular complexity index is 193. The summed E-state index contributed by atoms with van der Waals surface area (Å²) in [5, 5.41) is 10.1. The van der Waals surface area contributed by atoms with E-state index in [1.54, 1.807) is 0 Å². The van der Waals surface area contributed by atoms with E-state index in [0.29, 0.717) is 12.8 Å². The molecule has 74 valence electrons. The maximum atomic E-state index is 10.1. The molecule has 2 heteroatoms. The summed E-state index contributed by atoms with van der Waals surface area (Å²) >= 11 is 2.15. The van der Waals surface area contributed by atoms with Gasteiger partial charge in [0.25, 0.3) is 0 Å². The molecule has 1 N–H and O–H groups in total. The van der Waals surface area contributed by atoms with Crippen molar-refractivity contribution in [2.75, 3.05) is 0 Å². The number of hydrogen-bond acceptors (Lipinski definition) is 1. The van der Waals surface area contributed by atoms with Crippen molar-refractivity contribution in [2.24, 2.45) is 0 Å². The zero-order valence-electron chi connectivity index (χ0n) is 8.09. The molecule has 0 aromatic heterocycles. The van der Waals surface area contributed by atoms with E-state index >= 15 is 0 Å². The van der Waals surface area contributed by atoms with Crippen molar-refractivity contribution in [2.45, 2.75) is 44.6 Å². The lowest BCUT2D eigenvalue weighted by molar-refractivity contribution is 0.0373. The molecular weight excluding hydrogens is 275 g/mol. The highest BCUT2D eigenvalue weighted by molar-refractivity contribution is 14.1. The normalized spacial score (nSPS) is 15.5. The maximum absolute atomic E-state index is 10.1. The molecule has 0 aliphatic heterocycles. The smallest absolute Gasteiger partial charge is 0.0790 e. The Balaban J connectivity index is 4.08. The summed E-state index contributed by atoms with van der Waals surface area (Å²) in [7, 11) is 0. The Labute approximate surface area is 94.8 Å². The Morgan fingerprint density at radius 2 is 2.31 bits per heavy atom. The van der Waals surface area contributed by atoms with Crippen molar-refractivity contribution in [3.05, 3.63) is 10.2 Å². The molecule has 0 aromatic carbocycles. The fourth-order valence-electron chi connectivity index (χ4n) is 1.22. The third-order valence-electron chi connectivity index (χ3n) is 2.01. The zero-order chi connectivity index (χ0) is 10.2. The Morgan fingerprint density at radius 3 is 2.77 bits per heavy atom. The third-order valence-corrected chi connectivity index (χ3v) is 2.52. The van der Waals surface area contributed by atoms with Gasteiger partial charge in [-0.15, -0.1) is 12.3 Å². The molecule has 0 spiro atoms. The van der Waals surface area contributed by atoms with Gasteiger partial charge in [0.05, 0.1) is 5.60 Å². The summed E-state index contributed by atoms with van der Waals surface area (Å²) < 4.78 is 1.92. The molecule has 0 saturated heterocycles. The first kappa shape index (κ1) is 13.0. The van der Waals surface area contributed by atoms with Crippen LogP contribution in [0.1, 0.15) is 39.0 Å². The number of terminal acetylenes is 1. The molecule has 0 radical (unpaired) electrons. The minimum atomic E-state index is -0.674. The van der Waals surface area contributed by atoms with Gasteiger partial charge in [0, 0.05) is 6.42 Å². The topological polar surface area (TPSA) is 20.2 Å². The zero-order valence-corrected chi connectivity index (χ0v) is 10.3. The van der Waals surface area contributed by atoms with Gasteiger partial charge in [0.1, 0.15) is 0 Å². The molecule has 0 aliphatic rings. The van der Waals surface area contributed by atoms with Crippen molar-refractivity contribution in [3.63, 3.8) is 0 Å². The van der Waals surface area contributed by atoms with Gasteiger partial charge in [-0.2, -0.15) is 0 Å². The minimum absolute atomic E-state index is 0.452. The van der Waals surface area contributed by atoms with Gasteiger partial charge in [0.2, 0.25) is 0 Å². The van der Waals surface area contributed by atoms with Crippen molar-refractivity contribution in [1.29, 1.82) is 0 Å². The highest BCUT2D eigenvalue weighted by Crippen LogP contribution is 2.23. The van der Waals surface area contributed by atoms with Crippen LogP contribution in [0.5, 0.6) is 0 Å². The molecular formula is C11H17IO. The molecule has 0 bridgehead atoms. The van der Waals surface area contributed by atoms with Gasteiger partial charge in [-0.25, -0.2) is 0 Å². The van der Waals surface area contributed by atoms with Crippen molar-refractivity contribution in [1.82, 2.24) is 0 Å².